The summed E-state index contributed by atoms with van der Waals surface area (Å²) in [5.74, 6) is -0.367. The molecule has 31 heavy (non-hydrogen) atoms. The molecule has 2 aromatic heterocycles. The topological polar surface area (TPSA) is 88.9 Å². The molecule has 154 valence electrons. The zero-order chi connectivity index (χ0) is 21.4. The van der Waals surface area contributed by atoms with E-state index < -0.39 is 0 Å². The smallest absolute Gasteiger partial charge is 0.256 e. The fraction of sp³-hybridized carbons (Fsp3) is 0.0909. The van der Waals surface area contributed by atoms with E-state index in [2.05, 4.69) is 20.7 Å². The molecular weight excluding hydrogens is 430 g/mol. The Hall–Kier alpha value is -3.43. The van der Waals surface area contributed by atoms with Gasteiger partial charge in [-0.1, -0.05) is 35.2 Å². The molecule has 0 aliphatic carbocycles. The summed E-state index contributed by atoms with van der Waals surface area (Å²) in [5, 5.41) is 10.8. The highest BCUT2D eigenvalue weighted by molar-refractivity contribution is 7.99. The Balaban J connectivity index is 1.35. The van der Waals surface area contributed by atoms with Gasteiger partial charge in [-0.2, -0.15) is 5.10 Å². The number of nitrogens with one attached hydrogen (secondary N) is 2. The Morgan fingerprint density at radius 2 is 2.03 bits per heavy atom. The lowest BCUT2D eigenvalue weighted by atomic mass is 10.1. The Bertz CT molecular complexity index is 1300. The summed E-state index contributed by atoms with van der Waals surface area (Å²) in [7, 11) is 0. The lowest BCUT2D eigenvalue weighted by molar-refractivity contribution is 0.0949. The second-order valence-corrected chi connectivity index (χ2v) is 9.08. The number of thiazole rings is 1. The number of fused-ring (bicyclic) bond motifs is 2. The van der Waals surface area contributed by atoms with Gasteiger partial charge in [0.15, 0.2) is 0 Å². The molecule has 0 saturated heterocycles. The monoisotopic (exact) mass is 447 g/mol. The van der Waals surface area contributed by atoms with Crippen LogP contribution in [0.5, 0.6) is 0 Å². The molecule has 0 bridgehead atoms. The lowest BCUT2D eigenvalue weighted by Crippen LogP contribution is -2.24. The van der Waals surface area contributed by atoms with Gasteiger partial charge in [0, 0.05) is 38.8 Å². The Labute approximate surface area is 186 Å². The number of carbonyl (C=O) groups excluding carboxylic acids is 2. The number of carbonyl (C=O) groups is 2. The second kappa shape index (κ2) is 8.01. The zero-order valence-electron chi connectivity index (χ0n) is 16.5. The lowest BCUT2D eigenvalue weighted by Gasteiger charge is -2.14. The molecule has 1 aliphatic heterocycles. The minimum Gasteiger partial charge on any atom is -0.347 e. The standard InChI is InChI=1S/C22H17N5O2S2/c1-13-15(20(28)23-11-14-12-24-22(30-14)27-10-4-9-25-27)7-8-18-19(13)26-21(29)16-5-2-3-6-17(16)31-18/h2-10,12H,11H2,1H3,(H,23,28)(H,26,29). The second-order valence-electron chi connectivity index (χ2n) is 6.91. The number of benzene rings is 2. The summed E-state index contributed by atoms with van der Waals surface area (Å²) in [6.07, 6.45) is 5.25. The minimum atomic E-state index is -0.199. The summed E-state index contributed by atoms with van der Waals surface area (Å²) < 4.78 is 1.69. The third-order valence-electron chi connectivity index (χ3n) is 4.93. The molecule has 0 saturated carbocycles. The molecule has 4 aromatic rings. The first-order chi connectivity index (χ1) is 15.1. The Kier molecular flexibility index (Phi) is 5.05. The van der Waals surface area contributed by atoms with E-state index in [0.717, 1.165) is 25.4 Å². The van der Waals surface area contributed by atoms with E-state index in [0.29, 0.717) is 23.4 Å². The molecule has 2 N–H and O–H groups in total. The van der Waals surface area contributed by atoms with Crippen LogP contribution in [0.3, 0.4) is 0 Å². The van der Waals surface area contributed by atoms with Gasteiger partial charge in [-0.25, -0.2) is 9.67 Å². The largest absolute Gasteiger partial charge is 0.347 e. The molecule has 1 aliphatic rings. The first-order valence-corrected chi connectivity index (χ1v) is 11.2. The van der Waals surface area contributed by atoms with Crippen LogP contribution < -0.4 is 10.6 Å². The minimum absolute atomic E-state index is 0.168. The fourth-order valence-electron chi connectivity index (χ4n) is 3.35. The van der Waals surface area contributed by atoms with Crippen molar-refractivity contribution in [2.75, 3.05) is 5.32 Å². The maximum atomic E-state index is 12.9. The molecule has 0 spiro atoms. The van der Waals surface area contributed by atoms with Crippen molar-refractivity contribution in [3.8, 4) is 5.13 Å². The first kappa shape index (κ1) is 19.5. The molecule has 3 heterocycles. The average Bonchev–Trinajstić information content (AvgIpc) is 3.44. The van der Waals surface area contributed by atoms with Gasteiger partial charge in [-0.15, -0.1) is 0 Å². The average molecular weight is 448 g/mol. The Morgan fingerprint density at radius 3 is 2.87 bits per heavy atom. The van der Waals surface area contributed by atoms with Crippen LogP contribution in [0, 0.1) is 6.92 Å². The van der Waals surface area contributed by atoms with E-state index in [4.69, 9.17) is 0 Å². The number of anilines is 1. The van der Waals surface area contributed by atoms with Gasteiger partial charge in [-0.05, 0) is 42.8 Å². The molecule has 0 fully saturated rings. The van der Waals surface area contributed by atoms with E-state index in [-0.39, 0.29) is 11.8 Å². The van der Waals surface area contributed by atoms with Crippen molar-refractivity contribution in [1.29, 1.82) is 0 Å². The van der Waals surface area contributed by atoms with E-state index in [1.807, 2.05) is 43.5 Å². The molecule has 0 atom stereocenters. The van der Waals surface area contributed by atoms with Crippen molar-refractivity contribution in [2.45, 2.75) is 23.3 Å². The van der Waals surface area contributed by atoms with E-state index in [9.17, 15) is 9.59 Å². The highest BCUT2D eigenvalue weighted by Gasteiger charge is 2.23. The number of hydrogen-bond acceptors (Lipinski definition) is 6. The normalized spacial score (nSPS) is 12.5. The number of rotatable bonds is 4. The summed E-state index contributed by atoms with van der Waals surface area (Å²) in [5.41, 5.74) is 2.58. The quantitative estimate of drug-likeness (QED) is 0.487. The van der Waals surface area contributed by atoms with E-state index in [1.165, 1.54) is 23.1 Å². The maximum Gasteiger partial charge on any atom is 0.256 e. The Morgan fingerprint density at radius 1 is 1.16 bits per heavy atom. The van der Waals surface area contributed by atoms with Gasteiger partial charge in [0.1, 0.15) is 0 Å². The third kappa shape index (κ3) is 3.73. The SMILES string of the molecule is Cc1c(C(=O)NCc2cnc(-n3cccn3)s2)ccc2c1NC(=O)c1ccccc1S2. The summed E-state index contributed by atoms with van der Waals surface area (Å²) in [6, 6.07) is 13.0. The molecular formula is C22H17N5O2S2. The van der Waals surface area contributed by atoms with E-state index in [1.54, 1.807) is 29.2 Å². The number of amides is 2. The summed E-state index contributed by atoms with van der Waals surface area (Å²) >= 11 is 2.99. The molecule has 2 amide bonds. The third-order valence-corrected chi connectivity index (χ3v) is 7.05. The molecule has 0 radical (unpaired) electrons. The highest BCUT2D eigenvalue weighted by atomic mass is 32.2. The van der Waals surface area contributed by atoms with Crippen LogP contribution in [0.1, 0.15) is 31.2 Å². The van der Waals surface area contributed by atoms with Gasteiger partial charge < -0.3 is 10.6 Å². The predicted molar refractivity (Wildman–Crippen MR) is 120 cm³/mol. The summed E-state index contributed by atoms with van der Waals surface area (Å²) in [6.45, 7) is 2.22. The molecule has 2 aromatic carbocycles. The molecule has 7 nitrogen and oxygen atoms in total. The fourth-order valence-corrected chi connectivity index (χ4v) is 5.23. The van der Waals surface area contributed by atoms with Crippen LogP contribution in [0.2, 0.25) is 0 Å². The first-order valence-electron chi connectivity index (χ1n) is 9.55. The summed E-state index contributed by atoms with van der Waals surface area (Å²) in [4.78, 5) is 32.6. The zero-order valence-corrected chi connectivity index (χ0v) is 18.1. The van der Waals surface area contributed by atoms with Crippen LogP contribution in [0.15, 0.2) is 70.8 Å². The molecule has 9 heteroatoms. The van der Waals surface area contributed by atoms with Gasteiger partial charge in [-0.3, -0.25) is 9.59 Å². The van der Waals surface area contributed by atoms with Gasteiger partial charge in [0.25, 0.3) is 11.8 Å². The van der Waals surface area contributed by atoms with Crippen LogP contribution in [0.4, 0.5) is 5.69 Å². The number of aromatic nitrogens is 3. The van der Waals surface area contributed by atoms with Crippen LogP contribution >= 0.6 is 23.1 Å². The highest BCUT2D eigenvalue weighted by Crippen LogP contribution is 2.41. The number of hydrogen-bond donors (Lipinski definition) is 2. The van der Waals surface area contributed by atoms with Crippen LogP contribution in [-0.4, -0.2) is 26.6 Å². The number of nitrogens with zero attached hydrogens (tertiary/aromatic N) is 3. The van der Waals surface area contributed by atoms with Gasteiger partial charge in [0.2, 0.25) is 5.13 Å². The predicted octanol–water partition coefficient (Wildman–Crippen LogP) is 4.28. The van der Waals surface area contributed by atoms with Crippen molar-refractivity contribution in [3.05, 3.63) is 82.6 Å². The van der Waals surface area contributed by atoms with Gasteiger partial charge in [0.05, 0.1) is 17.8 Å². The van der Waals surface area contributed by atoms with Crippen molar-refractivity contribution < 1.29 is 9.59 Å². The maximum absolute atomic E-state index is 12.9. The van der Waals surface area contributed by atoms with Crippen molar-refractivity contribution in [3.63, 3.8) is 0 Å². The van der Waals surface area contributed by atoms with Crippen LogP contribution in [0.25, 0.3) is 5.13 Å². The van der Waals surface area contributed by atoms with Crippen LogP contribution in [-0.2, 0) is 6.54 Å². The molecule has 5 rings (SSSR count). The van der Waals surface area contributed by atoms with Crippen molar-refractivity contribution in [1.82, 2.24) is 20.1 Å². The molecule has 0 unspecified atom stereocenters. The van der Waals surface area contributed by atoms with Gasteiger partial charge >= 0.3 is 0 Å². The van der Waals surface area contributed by atoms with Crippen molar-refractivity contribution in [2.24, 2.45) is 0 Å². The van der Waals surface area contributed by atoms with Crippen molar-refractivity contribution >= 4 is 40.6 Å². The van der Waals surface area contributed by atoms with E-state index >= 15 is 0 Å².